The molecule has 0 saturated heterocycles. The second-order valence-corrected chi connectivity index (χ2v) is 9.71. The Kier molecular flexibility index (Phi) is 11.5. The van der Waals surface area contributed by atoms with Crippen molar-refractivity contribution in [3.63, 3.8) is 0 Å². The van der Waals surface area contributed by atoms with E-state index in [2.05, 4.69) is 49.8 Å². The van der Waals surface area contributed by atoms with E-state index in [4.69, 9.17) is 0 Å². The normalized spacial score (nSPS) is 10.7. The van der Waals surface area contributed by atoms with Gasteiger partial charge in [0, 0.05) is 48.8 Å². The first-order chi connectivity index (χ1) is 17.2. The van der Waals surface area contributed by atoms with Crippen molar-refractivity contribution < 1.29 is 4.79 Å². The molecular formula is C28H37N5OS. The topological polar surface area (TPSA) is 75.6 Å². The molecule has 0 aliphatic carbocycles. The number of benzene rings is 1. The summed E-state index contributed by atoms with van der Waals surface area (Å²) in [4.78, 5) is 24.7. The Balaban J connectivity index is 1.41. The van der Waals surface area contributed by atoms with Crippen LogP contribution >= 0.6 is 11.8 Å². The van der Waals surface area contributed by atoms with E-state index in [0.29, 0.717) is 18.7 Å². The molecule has 6 nitrogen and oxygen atoms in total. The number of thioether (sulfide) groups is 1. The van der Waals surface area contributed by atoms with Crippen molar-refractivity contribution in [3.8, 4) is 11.8 Å². The number of carbonyl (C=O) groups is 1. The van der Waals surface area contributed by atoms with Crippen molar-refractivity contribution in [1.82, 2.24) is 24.8 Å². The van der Waals surface area contributed by atoms with E-state index in [9.17, 15) is 4.79 Å². The van der Waals surface area contributed by atoms with Crippen LogP contribution < -0.4 is 5.32 Å². The molecule has 186 valence electrons. The Hall–Kier alpha value is -2.98. The number of rotatable bonds is 14. The third-order valence-electron chi connectivity index (χ3n) is 5.62. The minimum absolute atomic E-state index is 0.101. The summed E-state index contributed by atoms with van der Waals surface area (Å²) in [6.07, 6.45) is 15.3. The van der Waals surface area contributed by atoms with Gasteiger partial charge in [0.25, 0.3) is 5.91 Å². The molecule has 0 fully saturated rings. The average molecular weight is 492 g/mol. The van der Waals surface area contributed by atoms with Crippen molar-refractivity contribution in [2.45, 2.75) is 76.9 Å². The number of nitrogens with zero attached hydrogens (tertiary/aromatic N) is 3. The minimum atomic E-state index is -0.101. The third kappa shape index (κ3) is 9.65. The number of hydrogen-bond acceptors (Lipinski definition) is 4. The molecule has 0 bridgehead atoms. The Morgan fingerprint density at radius 3 is 2.66 bits per heavy atom. The van der Waals surface area contributed by atoms with Crippen LogP contribution in [0.3, 0.4) is 0 Å². The summed E-state index contributed by atoms with van der Waals surface area (Å²) in [5, 5.41) is 3.81. The molecule has 2 N–H and O–H groups in total. The lowest BCUT2D eigenvalue weighted by Gasteiger charge is -2.05. The quantitative estimate of drug-likeness (QED) is 0.169. The fraction of sp³-hybridized carbons (Fsp3) is 0.464. The number of nitrogens with one attached hydrogen (secondary N) is 2. The van der Waals surface area contributed by atoms with E-state index in [-0.39, 0.29) is 5.91 Å². The van der Waals surface area contributed by atoms with Crippen LogP contribution in [-0.4, -0.2) is 37.7 Å². The van der Waals surface area contributed by atoms with Crippen LogP contribution in [0.4, 0.5) is 0 Å². The van der Waals surface area contributed by atoms with Crippen molar-refractivity contribution in [3.05, 3.63) is 65.5 Å². The van der Waals surface area contributed by atoms with Gasteiger partial charge in [0.1, 0.15) is 0 Å². The molecule has 3 aromatic rings. The molecule has 0 saturated carbocycles. The van der Waals surface area contributed by atoms with Gasteiger partial charge in [-0.3, -0.25) is 4.79 Å². The van der Waals surface area contributed by atoms with E-state index in [0.717, 1.165) is 40.7 Å². The summed E-state index contributed by atoms with van der Waals surface area (Å²) < 4.78 is 2.06. The molecule has 7 heteroatoms. The first kappa shape index (κ1) is 26.6. The SMILES string of the molecule is CCC#CCNC(=O)c1ccc(Cn2cnc(Cc3cnc(SCCCCCCCC)[nH]3)c2)cc1. The van der Waals surface area contributed by atoms with Gasteiger partial charge in [-0.1, -0.05) is 75.8 Å². The molecule has 0 aliphatic rings. The predicted octanol–water partition coefficient (Wildman–Crippen LogP) is 5.84. The van der Waals surface area contributed by atoms with Crippen LogP contribution in [-0.2, 0) is 13.0 Å². The van der Waals surface area contributed by atoms with Crippen molar-refractivity contribution in [2.24, 2.45) is 0 Å². The van der Waals surface area contributed by atoms with Gasteiger partial charge < -0.3 is 14.9 Å². The van der Waals surface area contributed by atoms with Gasteiger partial charge in [0.2, 0.25) is 0 Å². The van der Waals surface area contributed by atoms with E-state index in [1.807, 2.05) is 43.7 Å². The number of H-pyrrole nitrogens is 1. The summed E-state index contributed by atoms with van der Waals surface area (Å²) in [6.45, 7) is 5.33. The second-order valence-electron chi connectivity index (χ2n) is 8.63. The fourth-order valence-electron chi connectivity index (χ4n) is 3.72. The van der Waals surface area contributed by atoms with Gasteiger partial charge in [-0.25, -0.2) is 9.97 Å². The average Bonchev–Trinajstić information content (AvgIpc) is 3.51. The maximum absolute atomic E-state index is 12.2. The summed E-state index contributed by atoms with van der Waals surface area (Å²) in [5.74, 6) is 6.88. The molecule has 0 spiro atoms. The van der Waals surface area contributed by atoms with Gasteiger partial charge >= 0.3 is 0 Å². The summed E-state index contributed by atoms with van der Waals surface area (Å²) >= 11 is 1.80. The lowest BCUT2D eigenvalue weighted by atomic mass is 10.1. The molecule has 1 aromatic carbocycles. The van der Waals surface area contributed by atoms with Crippen LogP contribution in [0.25, 0.3) is 0 Å². The maximum Gasteiger partial charge on any atom is 0.252 e. The number of amides is 1. The van der Waals surface area contributed by atoms with Gasteiger partial charge in [-0.15, -0.1) is 5.92 Å². The molecule has 1 amide bonds. The van der Waals surface area contributed by atoms with Crippen LogP contribution in [0.1, 0.15) is 86.1 Å². The molecule has 3 rings (SSSR count). The largest absolute Gasteiger partial charge is 0.341 e. The first-order valence-electron chi connectivity index (χ1n) is 12.7. The lowest BCUT2D eigenvalue weighted by molar-refractivity contribution is 0.0958. The number of aromatic amines is 1. The fourth-order valence-corrected chi connectivity index (χ4v) is 4.59. The van der Waals surface area contributed by atoms with Gasteiger partial charge in [0.15, 0.2) is 5.16 Å². The third-order valence-corrected chi connectivity index (χ3v) is 6.59. The van der Waals surface area contributed by atoms with Gasteiger partial charge in [-0.2, -0.15) is 0 Å². The van der Waals surface area contributed by atoms with Crippen LogP contribution in [0.2, 0.25) is 0 Å². The Morgan fingerprint density at radius 2 is 1.86 bits per heavy atom. The number of unbranched alkanes of at least 4 members (excludes halogenated alkanes) is 5. The van der Waals surface area contributed by atoms with Crippen molar-refractivity contribution >= 4 is 17.7 Å². The second kappa shape index (κ2) is 15.1. The Morgan fingerprint density at radius 1 is 1.06 bits per heavy atom. The zero-order chi connectivity index (χ0) is 24.7. The van der Waals surface area contributed by atoms with E-state index < -0.39 is 0 Å². The highest BCUT2D eigenvalue weighted by atomic mass is 32.2. The minimum Gasteiger partial charge on any atom is -0.341 e. The molecule has 0 aliphatic heterocycles. The summed E-state index contributed by atoms with van der Waals surface area (Å²) in [5.41, 5.74) is 3.85. The summed E-state index contributed by atoms with van der Waals surface area (Å²) in [6, 6.07) is 7.67. The maximum atomic E-state index is 12.2. The standard InChI is InChI=1S/C28H37N5OS/c1-3-5-7-8-9-11-17-35-28-30-19-25(32-28)18-26-21-33(22-31-26)20-23-12-14-24(15-13-23)27(34)29-16-10-6-4-2/h12-15,19,21-22H,3-5,7-9,11,16-18,20H2,1-2H3,(H,29,34)(H,30,32). The van der Waals surface area contributed by atoms with E-state index in [1.54, 1.807) is 11.8 Å². The van der Waals surface area contributed by atoms with Crippen molar-refractivity contribution in [2.75, 3.05) is 12.3 Å². The molecular weight excluding hydrogens is 454 g/mol. The highest BCUT2D eigenvalue weighted by molar-refractivity contribution is 7.99. The van der Waals surface area contributed by atoms with Crippen molar-refractivity contribution in [1.29, 1.82) is 0 Å². The molecule has 0 radical (unpaired) electrons. The predicted molar refractivity (Wildman–Crippen MR) is 144 cm³/mol. The molecule has 2 aromatic heterocycles. The van der Waals surface area contributed by atoms with Gasteiger partial charge in [-0.05, 0) is 24.1 Å². The zero-order valence-electron chi connectivity index (χ0n) is 21.0. The van der Waals surface area contributed by atoms with Crippen LogP contribution in [0, 0.1) is 11.8 Å². The molecule has 35 heavy (non-hydrogen) atoms. The van der Waals surface area contributed by atoms with E-state index >= 15 is 0 Å². The monoisotopic (exact) mass is 491 g/mol. The Bertz CT molecular complexity index is 1090. The Labute approximate surface area is 213 Å². The number of carbonyl (C=O) groups excluding carboxylic acids is 1. The molecule has 2 heterocycles. The zero-order valence-corrected chi connectivity index (χ0v) is 21.8. The van der Waals surface area contributed by atoms with Gasteiger partial charge in [0.05, 0.1) is 18.6 Å². The van der Waals surface area contributed by atoms with Crippen LogP contribution in [0.5, 0.6) is 0 Å². The highest BCUT2D eigenvalue weighted by Crippen LogP contribution is 2.18. The van der Waals surface area contributed by atoms with Crippen LogP contribution in [0.15, 0.2) is 48.1 Å². The van der Waals surface area contributed by atoms with E-state index in [1.165, 1.54) is 38.5 Å². The lowest BCUT2D eigenvalue weighted by Crippen LogP contribution is -2.23. The number of imidazole rings is 2. The highest BCUT2D eigenvalue weighted by Gasteiger charge is 2.07. The molecule has 0 atom stereocenters. The number of hydrogen-bond donors (Lipinski definition) is 2. The number of aromatic nitrogens is 4. The smallest absolute Gasteiger partial charge is 0.252 e. The first-order valence-corrected chi connectivity index (χ1v) is 13.7. The summed E-state index contributed by atoms with van der Waals surface area (Å²) in [7, 11) is 0. The molecule has 0 unspecified atom stereocenters.